The van der Waals surface area contributed by atoms with Crippen LogP contribution in [0.2, 0.25) is 5.02 Å². The van der Waals surface area contributed by atoms with Crippen molar-refractivity contribution >= 4 is 44.8 Å². The van der Waals surface area contributed by atoms with Crippen molar-refractivity contribution in [2.24, 2.45) is 7.05 Å². The molecule has 0 saturated carbocycles. The topological polar surface area (TPSA) is 94.0 Å². The highest BCUT2D eigenvalue weighted by atomic mass is 35.5. The summed E-state index contributed by atoms with van der Waals surface area (Å²) in [6.07, 6.45) is 1.09. The molecule has 0 aliphatic rings. The molecule has 3 rings (SSSR count). The van der Waals surface area contributed by atoms with E-state index in [1.807, 2.05) is 41.9 Å². The Morgan fingerprint density at radius 1 is 1.18 bits per heavy atom. The van der Waals surface area contributed by atoms with Crippen LogP contribution in [0.25, 0.3) is 11.4 Å². The predicted octanol–water partition coefficient (Wildman–Crippen LogP) is 3.27. The molecule has 1 heterocycles. The van der Waals surface area contributed by atoms with Crippen LogP contribution >= 0.6 is 23.4 Å². The van der Waals surface area contributed by atoms with Crippen LogP contribution in [-0.4, -0.2) is 41.1 Å². The zero-order chi connectivity index (χ0) is 20.3. The second-order valence-corrected chi connectivity index (χ2v) is 9.35. The second-order valence-electron chi connectivity index (χ2n) is 5.98. The van der Waals surface area contributed by atoms with Gasteiger partial charge in [-0.2, -0.15) is 0 Å². The molecule has 10 heteroatoms. The summed E-state index contributed by atoms with van der Waals surface area (Å²) in [7, 11) is -1.57. The van der Waals surface area contributed by atoms with Crippen LogP contribution in [0.1, 0.15) is 0 Å². The lowest BCUT2D eigenvalue weighted by molar-refractivity contribution is -0.113. The number of carbonyl (C=O) groups excluding carboxylic acids is 1. The summed E-state index contributed by atoms with van der Waals surface area (Å²) in [5, 5.41) is 11.8. The molecule has 3 aromatic rings. The van der Waals surface area contributed by atoms with Crippen LogP contribution in [0, 0.1) is 0 Å². The van der Waals surface area contributed by atoms with Gasteiger partial charge in [0, 0.05) is 18.9 Å². The molecule has 0 aliphatic heterocycles. The molecule has 146 valence electrons. The minimum atomic E-state index is -3.40. The van der Waals surface area contributed by atoms with E-state index in [4.69, 9.17) is 11.6 Å². The molecule has 7 nitrogen and oxygen atoms in total. The molecule has 0 unspecified atom stereocenters. The third-order valence-electron chi connectivity index (χ3n) is 3.84. The molecule has 28 heavy (non-hydrogen) atoms. The van der Waals surface area contributed by atoms with Crippen molar-refractivity contribution in [3.8, 4) is 11.4 Å². The summed E-state index contributed by atoms with van der Waals surface area (Å²) in [5.74, 6) is 0.439. The number of halogens is 1. The molecule has 0 bridgehead atoms. The van der Waals surface area contributed by atoms with E-state index in [2.05, 4.69) is 15.5 Å². The van der Waals surface area contributed by atoms with Crippen molar-refractivity contribution in [3.05, 3.63) is 53.6 Å². The highest BCUT2D eigenvalue weighted by molar-refractivity contribution is 7.99. The van der Waals surface area contributed by atoms with E-state index in [1.165, 1.54) is 30.0 Å². The predicted molar refractivity (Wildman–Crippen MR) is 110 cm³/mol. The lowest BCUT2D eigenvalue weighted by Crippen LogP contribution is -2.15. The molecule has 0 aliphatic carbocycles. The summed E-state index contributed by atoms with van der Waals surface area (Å²) in [6.45, 7) is 0. The first kappa shape index (κ1) is 20.4. The fourth-order valence-electron chi connectivity index (χ4n) is 2.43. The van der Waals surface area contributed by atoms with Gasteiger partial charge in [0.05, 0.1) is 21.4 Å². The number of hydrogen-bond acceptors (Lipinski definition) is 6. The maximum absolute atomic E-state index is 12.3. The number of carbonyl (C=O) groups is 1. The van der Waals surface area contributed by atoms with E-state index in [0.29, 0.717) is 11.0 Å². The molecule has 0 saturated heterocycles. The SMILES string of the molecule is Cn1c(SCC(=O)Nc2cc(S(C)(=O)=O)ccc2Cl)nnc1-c1ccccc1. The normalized spacial score (nSPS) is 11.4. The molecule has 0 atom stereocenters. The lowest BCUT2D eigenvalue weighted by Gasteiger charge is -2.09. The van der Waals surface area contributed by atoms with E-state index in [0.717, 1.165) is 11.8 Å². The van der Waals surface area contributed by atoms with Gasteiger partial charge in [0.1, 0.15) is 0 Å². The van der Waals surface area contributed by atoms with Gasteiger partial charge < -0.3 is 9.88 Å². The number of benzene rings is 2. The van der Waals surface area contributed by atoms with Crippen molar-refractivity contribution in [1.29, 1.82) is 0 Å². The second kappa shape index (κ2) is 8.34. The van der Waals surface area contributed by atoms with Gasteiger partial charge in [-0.1, -0.05) is 53.7 Å². The van der Waals surface area contributed by atoms with Crippen LogP contribution in [0.3, 0.4) is 0 Å². The van der Waals surface area contributed by atoms with Gasteiger partial charge in [0.15, 0.2) is 20.8 Å². The highest BCUT2D eigenvalue weighted by Crippen LogP contribution is 2.26. The fourth-order valence-corrected chi connectivity index (χ4v) is 3.95. The average molecular weight is 437 g/mol. The smallest absolute Gasteiger partial charge is 0.234 e. The number of amides is 1. The van der Waals surface area contributed by atoms with Gasteiger partial charge in [0.2, 0.25) is 5.91 Å². The van der Waals surface area contributed by atoms with Gasteiger partial charge in [-0.05, 0) is 18.2 Å². The standard InChI is InChI=1S/C18H17ClN4O3S2/c1-23-17(12-6-4-3-5-7-12)21-22-18(23)27-11-16(24)20-15-10-13(28(2,25)26)8-9-14(15)19/h3-10H,11H2,1-2H3,(H,20,24). The molecule has 1 aromatic heterocycles. The number of thioether (sulfide) groups is 1. The Morgan fingerprint density at radius 3 is 2.57 bits per heavy atom. The molecule has 0 radical (unpaired) electrons. The number of hydrogen-bond donors (Lipinski definition) is 1. The zero-order valence-corrected chi connectivity index (χ0v) is 17.5. The maximum atomic E-state index is 12.3. The first-order valence-corrected chi connectivity index (χ1v) is 11.4. The van der Waals surface area contributed by atoms with Gasteiger partial charge in [-0.3, -0.25) is 4.79 Å². The molecular formula is C18H17ClN4O3S2. The highest BCUT2D eigenvalue weighted by Gasteiger charge is 2.15. The first-order valence-electron chi connectivity index (χ1n) is 8.13. The van der Waals surface area contributed by atoms with E-state index in [1.54, 1.807) is 0 Å². The lowest BCUT2D eigenvalue weighted by atomic mass is 10.2. The van der Waals surface area contributed by atoms with E-state index in [9.17, 15) is 13.2 Å². The summed E-state index contributed by atoms with van der Waals surface area (Å²) in [6, 6.07) is 13.8. The number of nitrogens with one attached hydrogen (secondary N) is 1. The van der Waals surface area contributed by atoms with Crippen molar-refractivity contribution < 1.29 is 13.2 Å². The van der Waals surface area contributed by atoms with Crippen LogP contribution in [0.15, 0.2) is 58.6 Å². The molecule has 1 amide bonds. The van der Waals surface area contributed by atoms with Crippen LogP contribution in [-0.2, 0) is 21.7 Å². The van der Waals surface area contributed by atoms with E-state index >= 15 is 0 Å². The Bertz CT molecular complexity index is 1120. The maximum Gasteiger partial charge on any atom is 0.234 e. The van der Waals surface area contributed by atoms with Gasteiger partial charge >= 0.3 is 0 Å². The Labute approximate surface area is 172 Å². The number of anilines is 1. The molecule has 0 fully saturated rings. The first-order chi connectivity index (χ1) is 13.3. The number of nitrogens with zero attached hydrogens (tertiary/aromatic N) is 3. The third-order valence-corrected chi connectivity index (χ3v) is 6.30. The molecule has 0 spiro atoms. The van der Waals surface area contributed by atoms with Crippen LogP contribution in [0.4, 0.5) is 5.69 Å². The summed E-state index contributed by atoms with van der Waals surface area (Å²) < 4.78 is 25.2. The van der Waals surface area contributed by atoms with Gasteiger partial charge in [-0.15, -0.1) is 10.2 Å². The Kier molecular flexibility index (Phi) is 6.07. The number of rotatable bonds is 6. The fraction of sp³-hybridized carbons (Fsp3) is 0.167. The quantitative estimate of drug-likeness (QED) is 0.596. The van der Waals surface area contributed by atoms with E-state index < -0.39 is 9.84 Å². The summed E-state index contributed by atoms with van der Waals surface area (Å²) in [5.41, 5.74) is 1.18. The molecular weight excluding hydrogens is 420 g/mol. The van der Waals surface area contributed by atoms with Crippen molar-refractivity contribution in [3.63, 3.8) is 0 Å². The van der Waals surface area contributed by atoms with Crippen LogP contribution < -0.4 is 5.32 Å². The number of sulfone groups is 1. The van der Waals surface area contributed by atoms with Gasteiger partial charge in [0.25, 0.3) is 0 Å². The van der Waals surface area contributed by atoms with E-state index in [-0.39, 0.29) is 27.3 Å². The largest absolute Gasteiger partial charge is 0.324 e. The Hall–Kier alpha value is -2.36. The summed E-state index contributed by atoms with van der Waals surface area (Å²) in [4.78, 5) is 12.4. The molecule has 1 N–H and O–H groups in total. The third kappa shape index (κ3) is 4.73. The minimum Gasteiger partial charge on any atom is -0.324 e. The van der Waals surface area contributed by atoms with Gasteiger partial charge in [-0.25, -0.2) is 8.42 Å². The average Bonchev–Trinajstić information content (AvgIpc) is 3.02. The number of aromatic nitrogens is 3. The van der Waals surface area contributed by atoms with Crippen molar-refractivity contribution in [1.82, 2.24) is 14.8 Å². The monoisotopic (exact) mass is 436 g/mol. The van der Waals surface area contributed by atoms with Crippen molar-refractivity contribution in [2.45, 2.75) is 10.1 Å². The Balaban J connectivity index is 1.68. The zero-order valence-electron chi connectivity index (χ0n) is 15.1. The minimum absolute atomic E-state index is 0.0696. The molecule has 2 aromatic carbocycles. The summed E-state index contributed by atoms with van der Waals surface area (Å²) >= 11 is 7.28. The Morgan fingerprint density at radius 2 is 1.89 bits per heavy atom. The van der Waals surface area contributed by atoms with Crippen molar-refractivity contribution in [2.75, 3.05) is 17.3 Å². The van der Waals surface area contributed by atoms with Crippen LogP contribution in [0.5, 0.6) is 0 Å².